The molecule has 0 aliphatic heterocycles. The van der Waals surface area contributed by atoms with Crippen LogP contribution in [0.3, 0.4) is 0 Å². The number of hydrogen-bond acceptors (Lipinski definition) is 16. The van der Waals surface area contributed by atoms with Gasteiger partial charge in [0.2, 0.25) is 41.4 Å². The zero-order valence-electron chi connectivity index (χ0n) is 50.7. The van der Waals surface area contributed by atoms with E-state index in [4.69, 9.17) is 25.7 Å². The van der Waals surface area contributed by atoms with Gasteiger partial charge in [0.05, 0.1) is 18.5 Å². The number of aromatic hydroxyl groups is 1. The lowest BCUT2D eigenvalue weighted by Crippen LogP contribution is -2.56. The summed E-state index contributed by atoms with van der Waals surface area (Å²) in [5.41, 5.74) is 12.7. The number of nitrogens with one attached hydrogen (secondary N) is 8. The zero-order valence-corrected chi connectivity index (χ0v) is 50.7. The quantitative estimate of drug-likeness (QED) is 0.0182. The Kier molecular flexibility index (Phi) is 29.0. The van der Waals surface area contributed by atoms with Gasteiger partial charge in [-0.3, -0.25) is 47.9 Å². The van der Waals surface area contributed by atoms with E-state index < -0.39 is 126 Å². The number of nitrogens with two attached hydrogens (primary N) is 2. The third-order valence-electron chi connectivity index (χ3n) is 12.9. The maximum Gasteiger partial charge on any atom is 0.408 e. The minimum Gasteiger partial charge on any atom is -0.508 e. The van der Waals surface area contributed by atoms with Gasteiger partial charge in [0.1, 0.15) is 47.7 Å². The summed E-state index contributed by atoms with van der Waals surface area (Å²) >= 11 is 0. The summed E-state index contributed by atoms with van der Waals surface area (Å²) in [6.45, 7) is 8.57. The SMILES string of the molecule is CC(C)(C)OC(=O)C[C@H](NC(=O)[C@@H](N)CCCNC(=O)CCCC(=O)NCCC[C@H](NC(=O)[C@H](Cc1ccc(O)cc1)NC(=O)OC(C)(C)C)C(=O)NCC(=O)OCC(=O)NC(c1ccccc1)c1ccccc1)C(=O)N[C@@H](Cc1ccccc1)C(N)=O. The Hall–Kier alpha value is -9.39. The summed E-state index contributed by atoms with van der Waals surface area (Å²) in [6.07, 6.45) is -1.16. The van der Waals surface area contributed by atoms with E-state index in [-0.39, 0.29) is 82.5 Å². The highest BCUT2D eigenvalue weighted by molar-refractivity contribution is 5.95. The summed E-state index contributed by atoms with van der Waals surface area (Å²) in [5, 5.41) is 30.7. The molecule has 0 saturated heterocycles. The molecular formula is C63H84N10O15. The van der Waals surface area contributed by atoms with E-state index >= 15 is 0 Å². The fourth-order valence-electron chi connectivity index (χ4n) is 8.58. The molecule has 13 N–H and O–H groups in total. The molecule has 476 valence electrons. The molecule has 0 fully saturated rings. The van der Waals surface area contributed by atoms with Gasteiger partial charge in [-0.15, -0.1) is 0 Å². The zero-order chi connectivity index (χ0) is 64.8. The molecule has 0 bridgehead atoms. The highest BCUT2D eigenvalue weighted by atomic mass is 16.6. The molecule has 0 radical (unpaired) electrons. The van der Waals surface area contributed by atoms with Crippen LogP contribution < -0.4 is 54.0 Å². The molecule has 4 rings (SSSR count). The van der Waals surface area contributed by atoms with Crippen molar-refractivity contribution in [3.8, 4) is 5.75 Å². The molecule has 4 aromatic rings. The van der Waals surface area contributed by atoms with Gasteiger partial charge in [0.15, 0.2) is 6.61 Å². The summed E-state index contributed by atoms with van der Waals surface area (Å²) in [6, 6.07) is 26.0. The molecule has 25 heteroatoms. The van der Waals surface area contributed by atoms with Crippen molar-refractivity contribution in [1.82, 2.24) is 42.5 Å². The maximum absolute atomic E-state index is 14.0. The van der Waals surface area contributed by atoms with Gasteiger partial charge in [0.25, 0.3) is 5.91 Å². The van der Waals surface area contributed by atoms with E-state index in [2.05, 4.69) is 42.5 Å². The summed E-state index contributed by atoms with van der Waals surface area (Å²) in [7, 11) is 0. The number of hydrogen-bond donors (Lipinski definition) is 11. The van der Waals surface area contributed by atoms with Gasteiger partial charge in [-0.2, -0.15) is 0 Å². The average Bonchev–Trinajstić information content (AvgIpc) is 3.61. The number of benzene rings is 4. The summed E-state index contributed by atoms with van der Waals surface area (Å²) in [5.74, 6) is -7.31. The van der Waals surface area contributed by atoms with Crippen molar-refractivity contribution < 1.29 is 72.1 Å². The van der Waals surface area contributed by atoms with Gasteiger partial charge in [-0.1, -0.05) is 103 Å². The average molecular weight is 1220 g/mol. The van der Waals surface area contributed by atoms with E-state index in [1.807, 2.05) is 60.7 Å². The second-order valence-electron chi connectivity index (χ2n) is 22.8. The van der Waals surface area contributed by atoms with Crippen molar-refractivity contribution in [2.24, 2.45) is 11.5 Å². The highest BCUT2D eigenvalue weighted by Crippen LogP contribution is 2.22. The standard InChI is InChI=1S/C63H84N10O15/c1-62(2,3)87-53(78)37-49(60(84)70-47(56(65)80)35-40-19-10-7-11-20-40)71-57(81)45(64)25-17-33-66-50(75)27-16-28-51(76)67-34-18-26-46(69-59(83)48(72-61(85)88-63(4,5)6)36-41-29-31-44(74)32-30-41)58(82)68-38-54(79)86-39-52(77)73-55(42-21-12-8-13-22-42)43-23-14-9-15-24-43/h7-15,19-24,29-32,45-49,55,74H,16-18,25-28,33-39,64H2,1-6H3,(H2,65,80)(H,66,75)(H,67,76)(H,68,82)(H,69,83)(H,70,84)(H,71,81)(H,72,85)(H,73,77)/t45-,46-,47-,48-,49-/m0/s1. The molecule has 9 amide bonds. The van der Waals surface area contributed by atoms with Gasteiger partial charge >= 0.3 is 18.0 Å². The number of phenolic OH excluding ortho intramolecular Hbond substituents is 1. The number of amides is 9. The van der Waals surface area contributed by atoms with E-state index in [9.17, 15) is 57.8 Å². The first-order valence-electron chi connectivity index (χ1n) is 29.0. The summed E-state index contributed by atoms with van der Waals surface area (Å²) in [4.78, 5) is 144. The van der Waals surface area contributed by atoms with Crippen molar-refractivity contribution in [3.63, 3.8) is 0 Å². The van der Waals surface area contributed by atoms with Crippen LogP contribution in [0, 0.1) is 0 Å². The Morgan fingerprint density at radius 2 is 0.977 bits per heavy atom. The van der Waals surface area contributed by atoms with Crippen molar-refractivity contribution in [1.29, 1.82) is 0 Å². The fraction of sp³-hybridized carbons (Fsp3) is 0.444. The normalized spacial score (nSPS) is 12.9. The lowest BCUT2D eigenvalue weighted by molar-refractivity contribution is -0.156. The lowest BCUT2D eigenvalue weighted by atomic mass is 9.99. The number of alkyl carbamates (subject to hydrolysis) is 1. The van der Waals surface area contributed by atoms with Crippen molar-refractivity contribution in [2.75, 3.05) is 26.2 Å². The Morgan fingerprint density at radius 3 is 1.52 bits per heavy atom. The van der Waals surface area contributed by atoms with Crippen LogP contribution in [0.1, 0.15) is 121 Å². The molecule has 0 spiro atoms. The molecule has 25 nitrogen and oxygen atoms in total. The van der Waals surface area contributed by atoms with Crippen molar-refractivity contribution in [3.05, 3.63) is 138 Å². The number of esters is 2. The minimum absolute atomic E-state index is 0.0181. The lowest BCUT2D eigenvalue weighted by Gasteiger charge is -2.25. The first kappa shape index (κ1) is 71.1. The highest BCUT2D eigenvalue weighted by Gasteiger charge is 2.33. The van der Waals surface area contributed by atoms with Crippen LogP contribution in [-0.2, 0) is 75.0 Å². The predicted molar refractivity (Wildman–Crippen MR) is 324 cm³/mol. The Bertz CT molecular complexity index is 2920. The number of carbonyl (C=O) groups excluding carboxylic acids is 11. The molecule has 0 unspecified atom stereocenters. The molecule has 0 heterocycles. The molecule has 0 aliphatic rings. The predicted octanol–water partition coefficient (Wildman–Crippen LogP) is 2.60. The molecule has 0 aliphatic carbocycles. The van der Waals surface area contributed by atoms with Gasteiger partial charge in [-0.25, -0.2) is 4.79 Å². The van der Waals surface area contributed by atoms with Crippen LogP contribution in [0.2, 0.25) is 0 Å². The monoisotopic (exact) mass is 1220 g/mol. The minimum atomic E-state index is -1.47. The molecule has 5 atom stereocenters. The van der Waals surface area contributed by atoms with E-state index in [1.165, 1.54) is 12.1 Å². The van der Waals surface area contributed by atoms with E-state index in [1.54, 1.807) is 84.0 Å². The van der Waals surface area contributed by atoms with Crippen LogP contribution in [0.5, 0.6) is 5.75 Å². The van der Waals surface area contributed by atoms with Crippen LogP contribution in [0.4, 0.5) is 4.79 Å². The number of ether oxygens (including phenoxy) is 3. The van der Waals surface area contributed by atoms with Crippen molar-refractivity contribution in [2.45, 2.75) is 153 Å². The maximum atomic E-state index is 14.0. The largest absolute Gasteiger partial charge is 0.508 e. The van der Waals surface area contributed by atoms with Crippen LogP contribution >= 0.6 is 0 Å². The van der Waals surface area contributed by atoms with Gasteiger partial charge in [-0.05, 0) is 108 Å². The second-order valence-corrected chi connectivity index (χ2v) is 22.8. The Balaban J connectivity index is 1.28. The first-order chi connectivity index (χ1) is 41.6. The number of phenols is 1. The topological polar surface area (TPSA) is 384 Å². The Morgan fingerprint density at radius 1 is 0.489 bits per heavy atom. The third kappa shape index (κ3) is 28.2. The summed E-state index contributed by atoms with van der Waals surface area (Å²) < 4.78 is 16.0. The van der Waals surface area contributed by atoms with E-state index in [0.29, 0.717) is 11.1 Å². The van der Waals surface area contributed by atoms with E-state index in [0.717, 1.165) is 11.1 Å². The first-order valence-corrected chi connectivity index (χ1v) is 29.0. The third-order valence-corrected chi connectivity index (χ3v) is 12.9. The Labute approximate surface area is 512 Å². The molecule has 88 heavy (non-hydrogen) atoms. The number of primary amides is 1. The number of carbonyl (C=O) groups is 11. The molecule has 0 saturated carbocycles. The molecule has 0 aromatic heterocycles. The van der Waals surface area contributed by atoms with Crippen LogP contribution in [0.25, 0.3) is 0 Å². The number of rotatable bonds is 34. The molecular weight excluding hydrogens is 1140 g/mol. The van der Waals surface area contributed by atoms with Gasteiger partial charge < -0.3 is 73.3 Å². The second kappa shape index (κ2) is 35.9. The van der Waals surface area contributed by atoms with Gasteiger partial charge in [0, 0.05) is 38.8 Å². The van der Waals surface area contributed by atoms with Crippen molar-refractivity contribution >= 4 is 65.3 Å². The van der Waals surface area contributed by atoms with Crippen LogP contribution in [0.15, 0.2) is 115 Å². The smallest absolute Gasteiger partial charge is 0.408 e. The molecule has 4 aromatic carbocycles. The fourth-order valence-corrected chi connectivity index (χ4v) is 8.58. The van der Waals surface area contributed by atoms with Crippen LogP contribution in [-0.4, -0.2) is 138 Å².